The number of amides is 1. The van der Waals surface area contributed by atoms with Gasteiger partial charge in [-0.15, -0.1) is 0 Å². The van der Waals surface area contributed by atoms with Gasteiger partial charge in [0.1, 0.15) is 12.7 Å². The van der Waals surface area contributed by atoms with Crippen molar-refractivity contribution in [3.05, 3.63) is 29.8 Å². The monoisotopic (exact) mass is 272 g/mol. The summed E-state index contributed by atoms with van der Waals surface area (Å²) < 4.78 is 5.67. The van der Waals surface area contributed by atoms with Gasteiger partial charge in [-0.3, -0.25) is 4.79 Å². The van der Waals surface area contributed by atoms with Crippen LogP contribution < -0.4 is 5.32 Å². The maximum Gasteiger partial charge on any atom is 0.250 e. The molecule has 0 bridgehead atoms. The van der Waals surface area contributed by atoms with Crippen LogP contribution in [0.1, 0.15) is 38.2 Å². The molecule has 1 aromatic carbocycles. The minimum Gasteiger partial charge on any atom is -0.368 e. The Hall–Kier alpha value is -1.86. The summed E-state index contributed by atoms with van der Waals surface area (Å²) in [7, 11) is 0. The Bertz CT molecular complexity index is 507. The van der Waals surface area contributed by atoms with Crippen molar-refractivity contribution in [2.24, 2.45) is 5.92 Å². The van der Waals surface area contributed by atoms with Gasteiger partial charge in [0.15, 0.2) is 0 Å². The van der Waals surface area contributed by atoms with Crippen LogP contribution in [0.25, 0.3) is 0 Å². The average Bonchev–Trinajstić information content (AvgIpc) is 2.46. The number of ether oxygens (including phenoxy) is 1. The second-order valence-electron chi connectivity index (χ2n) is 5.41. The van der Waals surface area contributed by atoms with E-state index >= 15 is 0 Å². The van der Waals surface area contributed by atoms with Gasteiger partial charge in [0.25, 0.3) is 0 Å². The lowest BCUT2D eigenvalue weighted by molar-refractivity contribution is -0.123. The third kappa shape index (κ3) is 4.07. The molecule has 0 radical (unpaired) electrons. The summed E-state index contributed by atoms with van der Waals surface area (Å²) in [5.74, 6) is 0.474. The van der Waals surface area contributed by atoms with Crippen LogP contribution in [-0.2, 0) is 9.53 Å². The first kappa shape index (κ1) is 14.5. The third-order valence-corrected chi connectivity index (χ3v) is 3.66. The first-order chi connectivity index (χ1) is 9.69. The number of para-hydroxylation sites is 1. The highest BCUT2D eigenvalue weighted by Crippen LogP contribution is 2.25. The highest BCUT2D eigenvalue weighted by Gasteiger charge is 2.20. The summed E-state index contributed by atoms with van der Waals surface area (Å²) in [5.41, 5.74) is 1.01. The van der Waals surface area contributed by atoms with Crippen molar-refractivity contribution in [2.75, 3.05) is 11.9 Å². The van der Waals surface area contributed by atoms with Crippen molar-refractivity contribution in [3.8, 4) is 6.07 Å². The fourth-order valence-corrected chi connectivity index (χ4v) is 2.60. The molecular formula is C16H20N2O2. The molecule has 2 atom stereocenters. The number of carbonyl (C=O) groups excluding carboxylic acids is 1. The number of benzene rings is 1. The molecule has 1 aliphatic rings. The molecule has 0 aromatic heterocycles. The zero-order valence-corrected chi connectivity index (χ0v) is 11.8. The molecule has 20 heavy (non-hydrogen) atoms. The Morgan fingerprint density at radius 2 is 2.25 bits per heavy atom. The van der Waals surface area contributed by atoms with E-state index in [9.17, 15) is 4.79 Å². The molecule has 0 aliphatic heterocycles. The molecule has 0 saturated heterocycles. The van der Waals surface area contributed by atoms with E-state index in [1.807, 2.05) is 0 Å². The zero-order valence-electron chi connectivity index (χ0n) is 11.8. The summed E-state index contributed by atoms with van der Waals surface area (Å²) in [4.78, 5) is 11.9. The van der Waals surface area contributed by atoms with Gasteiger partial charge in [0.05, 0.1) is 17.4 Å². The SMILES string of the molecule is CC1CCCC(OCC(=O)Nc2ccccc2C#N)C1. The lowest BCUT2D eigenvalue weighted by Crippen LogP contribution is -2.27. The Balaban J connectivity index is 1.82. The number of nitrogens with zero attached hydrogens (tertiary/aromatic N) is 1. The third-order valence-electron chi connectivity index (χ3n) is 3.66. The van der Waals surface area contributed by atoms with Gasteiger partial charge in [0, 0.05) is 0 Å². The first-order valence-electron chi connectivity index (χ1n) is 7.09. The summed E-state index contributed by atoms with van der Waals surface area (Å²) in [6.07, 6.45) is 4.68. The maximum absolute atomic E-state index is 11.9. The van der Waals surface area contributed by atoms with E-state index in [2.05, 4.69) is 18.3 Å². The van der Waals surface area contributed by atoms with E-state index in [1.165, 1.54) is 12.8 Å². The molecular weight excluding hydrogens is 252 g/mol. The van der Waals surface area contributed by atoms with E-state index < -0.39 is 0 Å². The minimum absolute atomic E-state index is 0.0527. The van der Waals surface area contributed by atoms with Gasteiger partial charge in [-0.2, -0.15) is 5.26 Å². The predicted molar refractivity (Wildman–Crippen MR) is 77.2 cm³/mol. The molecule has 1 saturated carbocycles. The van der Waals surface area contributed by atoms with Crippen molar-refractivity contribution in [1.29, 1.82) is 5.26 Å². The molecule has 1 aromatic rings. The van der Waals surface area contributed by atoms with Crippen molar-refractivity contribution < 1.29 is 9.53 Å². The molecule has 1 amide bonds. The van der Waals surface area contributed by atoms with Crippen molar-refractivity contribution in [3.63, 3.8) is 0 Å². The average molecular weight is 272 g/mol. The molecule has 0 heterocycles. The van der Waals surface area contributed by atoms with Crippen LogP contribution in [0.5, 0.6) is 0 Å². The lowest BCUT2D eigenvalue weighted by atomic mass is 9.89. The van der Waals surface area contributed by atoms with Crippen LogP contribution in [0.4, 0.5) is 5.69 Å². The molecule has 2 rings (SSSR count). The van der Waals surface area contributed by atoms with Gasteiger partial charge in [0.2, 0.25) is 5.91 Å². The predicted octanol–water partition coefficient (Wildman–Crippen LogP) is 3.09. The molecule has 4 heteroatoms. The van der Waals surface area contributed by atoms with Crippen LogP contribution in [0, 0.1) is 17.2 Å². The first-order valence-corrected chi connectivity index (χ1v) is 7.09. The topological polar surface area (TPSA) is 62.1 Å². The second kappa shape index (κ2) is 7.06. The van der Waals surface area contributed by atoms with Gasteiger partial charge < -0.3 is 10.1 Å². The molecule has 1 N–H and O–H groups in total. The lowest BCUT2D eigenvalue weighted by Gasteiger charge is -2.26. The molecule has 106 valence electrons. The second-order valence-corrected chi connectivity index (χ2v) is 5.41. The fourth-order valence-electron chi connectivity index (χ4n) is 2.60. The minimum atomic E-state index is -0.203. The number of nitrogens with one attached hydrogen (secondary N) is 1. The summed E-state index contributed by atoms with van der Waals surface area (Å²) >= 11 is 0. The van der Waals surface area contributed by atoms with Gasteiger partial charge in [-0.1, -0.05) is 31.9 Å². The number of hydrogen-bond donors (Lipinski definition) is 1. The highest BCUT2D eigenvalue weighted by molar-refractivity contribution is 5.92. The standard InChI is InChI=1S/C16H20N2O2/c1-12-5-4-7-14(9-12)20-11-16(19)18-15-8-3-2-6-13(15)10-17/h2-3,6,8,12,14H,4-5,7,9,11H2,1H3,(H,18,19). The molecule has 0 spiro atoms. The van der Waals surface area contributed by atoms with Crippen LogP contribution in [0.2, 0.25) is 0 Å². The molecule has 2 unspecified atom stereocenters. The number of rotatable bonds is 4. The van der Waals surface area contributed by atoms with Crippen LogP contribution in [0.15, 0.2) is 24.3 Å². The largest absolute Gasteiger partial charge is 0.368 e. The Morgan fingerprint density at radius 3 is 3.00 bits per heavy atom. The summed E-state index contributed by atoms with van der Waals surface area (Å²) in [6, 6.07) is 9.02. The maximum atomic E-state index is 11.9. The molecule has 1 aliphatic carbocycles. The number of carbonyl (C=O) groups is 1. The van der Waals surface area contributed by atoms with Crippen molar-refractivity contribution >= 4 is 11.6 Å². The van der Waals surface area contributed by atoms with E-state index in [0.29, 0.717) is 17.2 Å². The van der Waals surface area contributed by atoms with Crippen LogP contribution >= 0.6 is 0 Å². The number of anilines is 1. The normalized spacial score (nSPS) is 22.0. The Kier molecular flexibility index (Phi) is 5.14. The zero-order chi connectivity index (χ0) is 14.4. The number of hydrogen-bond acceptors (Lipinski definition) is 3. The van der Waals surface area contributed by atoms with Crippen molar-refractivity contribution in [2.45, 2.75) is 38.7 Å². The Labute approximate surface area is 119 Å². The van der Waals surface area contributed by atoms with E-state index in [-0.39, 0.29) is 18.6 Å². The van der Waals surface area contributed by atoms with E-state index in [0.717, 1.165) is 12.8 Å². The van der Waals surface area contributed by atoms with Crippen LogP contribution in [0.3, 0.4) is 0 Å². The van der Waals surface area contributed by atoms with E-state index in [1.54, 1.807) is 24.3 Å². The van der Waals surface area contributed by atoms with Crippen LogP contribution in [-0.4, -0.2) is 18.6 Å². The van der Waals surface area contributed by atoms with Crippen molar-refractivity contribution in [1.82, 2.24) is 0 Å². The summed E-state index contributed by atoms with van der Waals surface area (Å²) in [5, 5.41) is 11.7. The van der Waals surface area contributed by atoms with Gasteiger partial charge in [-0.25, -0.2) is 0 Å². The van der Waals surface area contributed by atoms with Gasteiger partial charge >= 0.3 is 0 Å². The fraction of sp³-hybridized carbons (Fsp3) is 0.500. The smallest absolute Gasteiger partial charge is 0.250 e. The van der Waals surface area contributed by atoms with Gasteiger partial charge in [-0.05, 0) is 30.9 Å². The highest BCUT2D eigenvalue weighted by atomic mass is 16.5. The summed E-state index contributed by atoms with van der Waals surface area (Å²) in [6.45, 7) is 2.27. The molecule has 4 nitrogen and oxygen atoms in total. The number of nitriles is 1. The quantitative estimate of drug-likeness (QED) is 0.916. The Morgan fingerprint density at radius 1 is 1.45 bits per heavy atom. The molecule has 1 fully saturated rings. The van der Waals surface area contributed by atoms with E-state index in [4.69, 9.17) is 10.00 Å².